The van der Waals surface area contributed by atoms with Gasteiger partial charge in [-0.15, -0.1) is 5.10 Å². The van der Waals surface area contributed by atoms with Gasteiger partial charge in [-0.1, -0.05) is 6.07 Å². The second kappa shape index (κ2) is 8.60. The quantitative estimate of drug-likeness (QED) is 0.693. The van der Waals surface area contributed by atoms with Crippen molar-refractivity contribution in [3.8, 4) is 0 Å². The largest absolute Gasteiger partial charge is 0.416 e. The number of alkyl halides is 3. The van der Waals surface area contributed by atoms with Gasteiger partial charge in [-0.2, -0.15) is 22.6 Å². The van der Waals surface area contributed by atoms with Gasteiger partial charge in [0.05, 0.1) is 35.6 Å². The molecule has 0 aliphatic carbocycles. The molecule has 2 aliphatic heterocycles. The third kappa shape index (κ3) is 4.75. The molecule has 1 aromatic carbocycles. The minimum atomic E-state index is -4.60. The third-order valence-corrected chi connectivity index (χ3v) is 7.26. The van der Waals surface area contributed by atoms with Gasteiger partial charge in [-0.25, -0.2) is 8.42 Å². The van der Waals surface area contributed by atoms with Crippen molar-refractivity contribution in [2.45, 2.75) is 11.1 Å². The van der Waals surface area contributed by atoms with Crippen LogP contribution in [0.3, 0.4) is 0 Å². The van der Waals surface area contributed by atoms with Gasteiger partial charge < -0.3 is 14.5 Å². The number of benzene rings is 1. The summed E-state index contributed by atoms with van der Waals surface area (Å²) in [6.45, 7) is 3.80. The van der Waals surface area contributed by atoms with Gasteiger partial charge in [0.2, 0.25) is 10.0 Å². The molecule has 3 heterocycles. The summed E-state index contributed by atoms with van der Waals surface area (Å²) in [4.78, 5) is 3.72. The van der Waals surface area contributed by atoms with Crippen LogP contribution in [-0.4, -0.2) is 75.4 Å². The van der Waals surface area contributed by atoms with Crippen LogP contribution in [0.5, 0.6) is 0 Å². The first-order chi connectivity index (χ1) is 14.7. The molecular formula is C19H22F3N5O3S. The summed E-state index contributed by atoms with van der Waals surface area (Å²) in [5.74, 6) is 0.639. The first-order valence-electron chi connectivity index (χ1n) is 9.83. The van der Waals surface area contributed by atoms with Crippen LogP contribution in [0, 0.1) is 0 Å². The molecule has 31 heavy (non-hydrogen) atoms. The second-order valence-electron chi connectivity index (χ2n) is 7.29. The standard InChI is InChI=1S/C19H22F3N5O3S/c20-19(21,22)15-2-1-3-17(12-15)31(28,29)27-6-4-26(5-7-27)18-13-16(14-23-24-18)25-8-10-30-11-9-25/h1-3,12-14H,4-11H2. The zero-order chi connectivity index (χ0) is 22.1. The number of hydrogen-bond acceptors (Lipinski definition) is 7. The molecule has 2 aliphatic rings. The Balaban J connectivity index is 1.45. The van der Waals surface area contributed by atoms with E-state index in [0.717, 1.165) is 30.9 Å². The van der Waals surface area contributed by atoms with Crippen LogP contribution in [0.2, 0.25) is 0 Å². The molecule has 2 aromatic rings. The molecule has 0 N–H and O–H groups in total. The molecule has 0 unspecified atom stereocenters. The average molecular weight is 457 g/mol. The topological polar surface area (TPSA) is 78.9 Å². The number of hydrogen-bond donors (Lipinski definition) is 0. The molecule has 0 saturated carbocycles. The Kier molecular flexibility index (Phi) is 6.04. The van der Waals surface area contributed by atoms with Crippen molar-refractivity contribution in [2.75, 3.05) is 62.3 Å². The molecular weight excluding hydrogens is 435 g/mol. The monoisotopic (exact) mass is 457 g/mol. The van der Waals surface area contributed by atoms with E-state index in [0.29, 0.717) is 38.2 Å². The zero-order valence-electron chi connectivity index (χ0n) is 16.6. The Morgan fingerprint density at radius 1 is 0.935 bits per heavy atom. The van der Waals surface area contributed by atoms with Gasteiger partial charge in [-0.3, -0.25) is 0 Å². The van der Waals surface area contributed by atoms with Crippen LogP contribution in [0.4, 0.5) is 24.7 Å². The molecule has 2 saturated heterocycles. The summed E-state index contributed by atoms with van der Waals surface area (Å²) in [7, 11) is -4.03. The number of rotatable bonds is 4. The first-order valence-corrected chi connectivity index (χ1v) is 11.3. The Morgan fingerprint density at radius 3 is 2.32 bits per heavy atom. The van der Waals surface area contributed by atoms with Gasteiger partial charge in [-0.05, 0) is 18.2 Å². The lowest BCUT2D eigenvalue weighted by atomic mass is 10.2. The van der Waals surface area contributed by atoms with E-state index in [4.69, 9.17) is 4.74 Å². The summed E-state index contributed by atoms with van der Waals surface area (Å²) in [6.07, 6.45) is -2.92. The Morgan fingerprint density at radius 2 is 1.65 bits per heavy atom. The SMILES string of the molecule is O=S(=O)(c1cccc(C(F)(F)F)c1)N1CCN(c2cc(N3CCOCC3)cnn2)CC1. The van der Waals surface area contributed by atoms with Crippen molar-refractivity contribution in [3.05, 3.63) is 42.1 Å². The first kappa shape index (κ1) is 21.8. The smallest absolute Gasteiger partial charge is 0.378 e. The molecule has 12 heteroatoms. The highest BCUT2D eigenvalue weighted by Gasteiger charge is 2.34. The maximum absolute atomic E-state index is 13.0. The average Bonchev–Trinajstić information content (AvgIpc) is 2.79. The number of halogens is 3. The second-order valence-corrected chi connectivity index (χ2v) is 9.23. The molecule has 0 bridgehead atoms. The minimum Gasteiger partial charge on any atom is -0.378 e. The van der Waals surface area contributed by atoms with E-state index in [1.165, 1.54) is 10.4 Å². The van der Waals surface area contributed by atoms with Gasteiger partial charge in [0.1, 0.15) is 0 Å². The Bertz CT molecular complexity index is 1020. The fraction of sp³-hybridized carbons (Fsp3) is 0.474. The minimum absolute atomic E-state index is 0.141. The van der Waals surface area contributed by atoms with Crippen molar-refractivity contribution in [1.29, 1.82) is 0 Å². The fourth-order valence-corrected chi connectivity index (χ4v) is 5.10. The number of aromatic nitrogens is 2. The number of nitrogens with zero attached hydrogens (tertiary/aromatic N) is 5. The summed E-state index contributed by atoms with van der Waals surface area (Å²) in [5, 5.41) is 8.24. The number of sulfonamides is 1. The van der Waals surface area contributed by atoms with Crippen LogP contribution in [0.25, 0.3) is 0 Å². The Labute approximate surface area is 178 Å². The van der Waals surface area contributed by atoms with Crippen LogP contribution in [0.1, 0.15) is 5.56 Å². The Hall–Kier alpha value is -2.44. The van der Waals surface area contributed by atoms with Gasteiger partial charge in [0.25, 0.3) is 0 Å². The third-order valence-electron chi connectivity index (χ3n) is 5.37. The normalized spacial score (nSPS) is 18.9. The van der Waals surface area contributed by atoms with Gasteiger partial charge in [0, 0.05) is 45.3 Å². The summed E-state index contributed by atoms with van der Waals surface area (Å²) >= 11 is 0. The molecule has 168 valence electrons. The highest BCUT2D eigenvalue weighted by molar-refractivity contribution is 7.89. The molecule has 2 fully saturated rings. The van der Waals surface area contributed by atoms with E-state index < -0.39 is 21.8 Å². The van der Waals surface area contributed by atoms with E-state index in [9.17, 15) is 21.6 Å². The van der Waals surface area contributed by atoms with E-state index >= 15 is 0 Å². The van der Waals surface area contributed by atoms with Crippen molar-refractivity contribution in [3.63, 3.8) is 0 Å². The maximum atomic E-state index is 13.0. The van der Waals surface area contributed by atoms with Crippen molar-refractivity contribution >= 4 is 21.5 Å². The predicted molar refractivity (Wildman–Crippen MR) is 107 cm³/mol. The van der Waals surface area contributed by atoms with Crippen LogP contribution < -0.4 is 9.80 Å². The van der Waals surface area contributed by atoms with E-state index in [1.807, 2.05) is 11.0 Å². The number of ether oxygens (including phenoxy) is 1. The summed E-state index contributed by atoms with van der Waals surface area (Å²) in [5.41, 5.74) is -0.0604. The maximum Gasteiger partial charge on any atom is 0.416 e. The van der Waals surface area contributed by atoms with Crippen LogP contribution >= 0.6 is 0 Å². The fourth-order valence-electron chi connectivity index (χ4n) is 3.63. The van der Waals surface area contributed by atoms with Crippen LogP contribution in [0.15, 0.2) is 41.4 Å². The summed E-state index contributed by atoms with van der Waals surface area (Å²) < 4.78 is 71.2. The van der Waals surface area contributed by atoms with Crippen molar-refractivity contribution in [2.24, 2.45) is 0 Å². The molecule has 1 aromatic heterocycles. The van der Waals surface area contributed by atoms with E-state index in [-0.39, 0.29) is 18.0 Å². The number of morpholine rings is 1. The number of piperazine rings is 1. The van der Waals surface area contributed by atoms with Crippen LogP contribution in [-0.2, 0) is 20.9 Å². The molecule has 8 nitrogen and oxygen atoms in total. The van der Waals surface area contributed by atoms with Gasteiger partial charge >= 0.3 is 6.18 Å². The highest BCUT2D eigenvalue weighted by atomic mass is 32.2. The van der Waals surface area contributed by atoms with E-state index in [1.54, 1.807) is 6.20 Å². The lowest BCUT2D eigenvalue weighted by Gasteiger charge is -2.35. The molecule has 0 atom stereocenters. The molecule has 0 spiro atoms. The lowest BCUT2D eigenvalue weighted by Crippen LogP contribution is -2.49. The number of anilines is 2. The van der Waals surface area contributed by atoms with Crippen molar-refractivity contribution < 1.29 is 26.3 Å². The van der Waals surface area contributed by atoms with E-state index in [2.05, 4.69) is 15.1 Å². The predicted octanol–water partition coefficient (Wildman–Crippen LogP) is 1.84. The van der Waals surface area contributed by atoms with Crippen molar-refractivity contribution in [1.82, 2.24) is 14.5 Å². The highest BCUT2D eigenvalue weighted by Crippen LogP contribution is 2.31. The summed E-state index contributed by atoms with van der Waals surface area (Å²) in [6, 6.07) is 5.75. The molecule has 0 amide bonds. The lowest BCUT2D eigenvalue weighted by molar-refractivity contribution is -0.137. The molecule has 4 rings (SSSR count). The molecule has 0 radical (unpaired) electrons. The zero-order valence-corrected chi connectivity index (χ0v) is 17.4. The van der Waals surface area contributed by atoms with Gasteiger partial charge in [0.15, 0.2) is 5.82 Å².